The summed E-state index contributed by atoms with van der Waals surface area (Å²) < 4.78 is 4.83. The van der Waals surface area contributed by atoms with Gasteiger partial charge in [0, 0.05) is 0 Å². The third-order valence-electron chi connectivity index (χ3n) is 2.13. The molecule has 0 saturated heterocycles. The summed E-state index contributed by atoms with van der Waals surface area (Å²) in [4.78, 5) is 23.2. The van der Waals surface area contributed by atoms with Crippen LogP contribution < -0.4 is 5.32 Å². The van der Waals surface area contributed by atoms with Gasteiger partial charge >= 0.3 is 5.97 Å². The van der Waals surface area contributed by atoms with Crippen LogP contribution in [0.5, 0.6) is 0 Å². The summed E-state index contributed by atoms with van der Waals surface area (Å²) in [6, 6.07) is 0. The number of amides is 1. The van der Waals surface area contributed by atoms with Gasteiger partial charge in [-0.15, -0.1) is 22.0 Å². The summed E-state index contributed by atoms with van der Waals surface area (Å²) in [5.41, 5.74) is 0. The molecule has 1 aromatic heterocycles. The number of aromatic nitrogens is 2. The lowest BCUT2D eigenvalue weighted by Crippen LogP contribution is -2.26. The Kier molecular flexibility index (Phi) is 6.79. The highest BCUT2D eigenvalue weighted by Gasteiger charge is 2.20. The minimum atomic E-state index is -0.300. The molecule has 19 heavy (non-hydrogen) atoms. The summed E-state index contributed by atoms with van der Waals surface area (Å²) in [5, 5.41) is 11.3. The molecule has 8 heteroatoms. The number of anilines is 1. The van der Waals surface area contributed by atoms with E-state index in [1.54, 1.807) is 6.92 Å². The molecule has 1 heterocycles. The van der Waals surface area contributed by atoms with Crippen LogP contribution in [-0.2, 0) is 14.3 Å². The zero-order chi connectivity index (χ0) is 14.3. The first-order valence-corrected chi connectivity index (χ1v) is 7.81. The van der Waals surface area contributed by atoms with Crippen LogP contribution in [0.15, 0.2) is 0 Å². The molecule has 0 aliphatic rings. The van der Waals surface area contributed by atoms with E-state index in [0.29, 0.717) is 18.2 Å². The van der Waals surface area contributed by atoms with Crippen LogP contribution in [-0.4, -0.2) is 39.7 Å². The zero-order valence-electron chi connectivity index (χ0n) is 11.1. The standard InChI is InChI=1S/C11H17N3O3S2/c1-4-8(18-6-9(15)17-5-2)10(16)12-11-14-13-7(3)19-11/h8H,4-6H2,1-3H3,(H,12,14,16)/t8-/m0/s1. The average Bonchev–Trinajstić information content (AvgIpc) is 2.76. The molecule has 6 nitrogen and oxygen atoms in total. The number of carbonyl (C=O) groups is 2. The first-order chi connectivity index (χ1) is 9.06. The van der Waals surface area contributed by atoms with Gasteiger partial charge < -0.3 is 4.74 Å². The number of carbonyl (C=O) groups excluding carboxylic acids is 2. The number of nitrogens with one attached hydrogen (secondary N) is 1. The lowest BCUT2D eigenvalue weighted by molar-refractivity contribution is -0.139. The number of hydrogen-bond donors (Lipinski definition) is 1. The maximum absolute atomic E-state index is 12.0. The fourth-order valence-corrected chi connectivity index (χ4v) is 2.74. The third-order valence-corrected chi connectivity index (χ3v) is 4.23. The van der Waals surface area contributed by atoms with Crippen LogP contribution in [0.2, 0.25) is 0 Å². The molecule has 0 unspecified atom stereocenters. The minimum absolute atomic E-state index is 0.159. The molecule has 0 aliphatic heterocycles. The molecule has 1 amide bonds. The lowest BCUT2D eigenvalue weighted by atomic mass is 10.3. The van der Waals surface area contributed by atoms with Crippen molar-refractivity contribution >= 4 is 40.1 Å². The van der Waals surface area contributed by atoms with E-state index < -0.39 is 0 Å². The molecule has 0 saturated carbocycles. The van der Waals surface area contributed by atoms with E-state index in [0.717, 1.165) is 5.01 Å². The molecule has 0 bridgehead atoms. The smallest absolute Gasteiger partial charge is 0.315 e. The number of nitrogens with zero attached hydrogens (tertiary/aromatic N) is 2. The number of aryl methyl sites for hydroxylation is 1. The number of esters is 1. The van der Waals surface area contributed by atoms with Gasteiger partial charge in [0.2, 0.25) is 11.0 Å². The van der Waals surface area contributed by atoms with E-state index in [1.807, 2.05) is 13.8 Å². The van der Waals surface area contributed by atoms with Crippen LogP contribution >= 0.6 is 23.1 Å². The predicted octanol–water partition coefficient (Wildman–Crippen LogP) is 1.86. The maximum Gasteiger partial charge on any atom is 0.315 e. The maximum atomic E-state index is 12.0. The number of rotatable bonds is 7. The molecular weight excluding hydrogens is 286 g/mol. The van der Waals surface area contributed by atoms with E-state index >= 15 is 0 Å². The van der Waals surface area contributed by atoms with Crippen molar-refractivity contribution in [2.75, 3.05) is 17.7 Å². The Balaban J connectivity index is 2.45. The van der Waals surface area contributed by atoms with Crippen molar-refractivity contribution in [2.24, 2.45) is 0 Å². The Morgan fingerprint density at radius 1 is 1.42 bits per heavy atom. The van der Waals surface area contributed by atoms with Gasteiger partial charge in [-0.25, -0.2) is 0 Å². The van der Waals surface area contributed by atoms with Gasteiger partial charge in [-0.1, -0.05) is 18.3 Å². The molecule has 1 rings (SSSR count). The highest BCUT2D eigenvalue weighted by Crippen LogP contribution is 2.19. The van der Waals surface area contributed by atoms with Gasteiger partial charge in [-0.2, -0.15) is 0 Å². The van der Waals surface area contributed by atoms with Crippen LogP contribution in [0.3, 0.4) is 0 Å². The molecule has 1 N–H and O–H groups in total. The number of thioether (sulfide) groups is 1. The zero-order valence-corrected chi connectivity index (χ0v) is 12.8. The molecule has 0 spiro atoms. The predicted molar refractivity (Wildman–Crippen MR) is 76.4 cm³/mol. The van der Waals surface area contributed by atoms with Gasteiger partial charge in [0.25, 0.3) is 0 Å². The monoisotopic (exact) mass is 303 g/mol. The largest absolute Gasteiger partial charge is 0.465 e. The van der Waals surface area contributed by atoms with Crippen molar-refractivity contribution in [3.8, 4) is 0 Å². The Labute approximate surface area is 120 Å². The SMILES string of the molecule is CCOC(=O)CS[C@@H](CC)C(=O)Nc1nnc(C)s1. The molecule has 0 aromatic carbocycles. The van der Waals surface area contributed by atoms with E-state index in [1.165, 1.54) is 23.1 Å². The summed E-state index contributed by atoms with van der Waals surface area (Å²) >= 11 is 2.60. The number of ether oxygens (including phenoxy) is 1. The Bertz CT molecular complexity index is 437. The fourth-order valence-electron chi connectivity index (χ4n) is 1.28. The van der Waals surface area contributed by atoms with Crippen LogP contribution in [0, 0.1) is 6.92 Å². The lowest BCUT2D eigenvalue weighted by Gasteiger charge is -2.12. The Morgan fingerprint density at radius 3 is 2.68 bits per heavy atom. The van der Waals surface area contributed by atoms with Gasteiger partial charge in [0.1, 0.15) is 5.01 Å². The summed E-state index contributed by atoms with van der Waals surface area (Å²) in [6.45, 7) is 5.82. The van der Waals surface area contributed by atoms with Crippen molar-refractivity contribution in [2.45, 2.75) is 32.4 Å². The minimum Gasteiger partial charge on any atom is -0.465 e. The second kappa shape index (κ2) is 8.11. The first-order valence-electron chi connectivity index (χ1n) is 5.95. The first kappa shape index (κ1) is 15.9. The van der Waals surface area contributed by atoms with Crippen LogP contribution in [0.1, 0.15) is 25.3 Å². The van der Waals surface area contributed by atoms with E-state index in [-0.39, 0.29) is 22.9 Å². The van der Waals surface area contributed by atoms with Gasteiger partial charge in [0.05, 0.1) is 17.6 Å². The molecular formula is C11H17N3O3S2. The fraction of sp³-hybridized carbons (Fsp3) is 0.636. The summed E-state index contributed by atoms with van der Waals surface area (Å²) in [7, 11) is 0. The number of hydrogen-bond acceptors (Lipinski definition) is 7. The van der Waals surface area contributed by atoms with Crippen molar-refractivity contribution in [1.82, 2.24) is 10.2 Å². The third kappa shape index (κ3) is 5.56. The van der Waals surface area contributed by atoms with Gasteiger partial charge in [-0.05, 0) is 20.3 Å². The summed E-state index contributed by atoms with van der Waals surface area (Å²) in [6.07, 6.45) is 0.633. The molecule has 0 radical (unpaired) electrons. The molecule has 106 valence electrons. The topological polar surface area (TPSA) is 81.2 Å². The van der Waals surface area contributed by atoms with Gasteiger partial charge in [-0.3, -0.25) is 14.9 Å². The molecule has 1 aromatic rings. The highest BCUT2D eigenvalue weighted by atomic mass is 32.2. The van der Waals surface area contributed by atoms with E-state index in [4.69, 9.17) is 4.74 Å². The average molecular weight is 303 g/mol. The summed E-state index contributed by atoms with van der Waals surface area (Å²) in [5.74, 6) is -0.284. The van der Waals surface area contributed by atoms with Crippen molar-refractivity contribution in [3.05, 3.63) is 5.01 Å². The van der Waals surface area contributed by atoms with E-state index in [9.17, 15) is 9.59 Å². The Morgan fingerprint density at radius 2 is 2.16 bits per heavy atom. The van der Waals surface area contributed by atoms with Crippen LogP contribution in [0.25, 0.3) is 0 Å². The highest BCUT2D eigenvalue weighted by molar-refractivity contribution is 8.01. The second-order valence-electron chi connectivity index (χ2n) is 3.63. The van der Waals surface area contributed by atoms with Crippen molar-refractivity contribution < 1.29 is 14.3 Å². The van der Waals surface area contributed by atoms with Crippen LogP contribution in [0.4, 0.5) is 5.13 Å². The Hall–Kier alpha value is -1.15. The normalized spacial score (nSPS) is 11.9. The van der Waals surface area contributed by atoms with Crippen molar-refractivity contribution in [3.63, 3.8) is 0 Å². The second-order valence-corrected chi connectivity index (χ2v) is 6.00. The van der Waals surface area contributed by atoms with Gasteiger partial charge in [0.15, 0.2) is 0 Å². The van der Waals surface area contributed by atoms with E-state index in [2.05, 4.69) is 15.5 Å². The molecule has 0 fully saturated rings. The quantitative estimate of drug-likeness (QED) is 0.774. The molecule has 0 aliphatic carbocycles. The van der Waals surface area contributed by atoms with Crippen molar-refractivity contribution in [1.29, 1.82) is 0 Å². The molecule has 1 atom stereocenters.